The van der Waals surface area contributed by atoms with Gasteiger partial charge in [-0.2, -0.15) is 0 Å². The van der Waals surface area contributed by atoms with E-state index in [1.807, 2.05) is 0 Å². The fraction of sp³-hybridized carbons (Fsp3) is 0.500. The van der Waals surface area contributed by atoms with Crippen molar-refractivity contribution in [3.8, 4) is 0 Å². The third-order valence-electron chi connectivity index (χ3n) is 3.53. The third-order valence-corrected chi connectivity index (χ3v) is 5.31. The number of carbonyl (C=O) groups is 1. The molecular weight excluding hydrogens is 278 g/mol. The first kappa shape index (κ1) is 14.8. The van der Waals surface area contributed by atoms with Crippen LogP contribution in [0.4, 0.5) is 5.69 Å². The number of para-hydroxylation sites is 1. The predicted octanol–water partition coefficient (Wildman–Crippen LogP) is 2.15. The molecule has 0 bridgehead atoms. The zero-order valence-electron chi connectivity index (χ0n) is 11.4. The largest absolute Gasteiger partial charge is 0.481 e. The minimum absolute atomic E-state index is 0.00513. The normalized spacial score (nSPS) is 16.6. The molecular formula is C14H19NO4S. The van der Waals surface area contributed by atoms with Crippen molar-refractivity contribution in [3.05, 3.63) is 24.3 Å². The van der Waals surface area contributed by atoms with Gasteiger partial charge in [-0.1, -0.05) is 19.1 Å². The first-order chi connectivity index (χ1) is 9.44. The Bertz CT molecular complexity index is 593. The molecule has 2 rings (SSSR count). The van der Waals surface area contributed by atoms with Crippen molar-refractivity contribution in [2.24, 2.45) is 5.92 Å². The van der Waals surface area contributed by atoms with Crippen molar-refractivity contribution >= 4 is 21.5 Å². The molecule has 1 aromatic rings. The van der Waals surface area contributed by atoms with Gasteiger partial charge in [-0.05, 0) is 30.9 Å². The Kier molecular flexibility index (Phi) is 4.32. The molecule has 1 fully saturated rings. The number of carboxylic acid groups (broad SMARTS) is 1. The molecule has 1 aliphatic carbocycles. The maximum absolute atomic E-state index is 12.1. The molecule has 2 N–H and O–H groups in total. The summed E-state index contributed by atoms with van der Waals surface area (Å²) < 4.78 is 24.1. The molecule has 1 saturated carbocycles. The van der Waals surface area contributed by atoms with Crippen LogP contribution in [0.2, 0.25) is 0 Å². The maximum atomic E-state index is 12.1. The number of rotatable bonds is 7. The Morgan fingerprint density at radius 1 is 1.40 bits per heavy atom. The third kappa shape index (κ3) is 3.50. The molecule has 1 aromatic carbocycles. The second kappa shape index (κ2) is 5.83. The highest BCUT2D eigenvalue weighted by molar-refractivity contribution is 7.91. The highest BCUT2D eigenvalue weighted by Crippen LogP contribution is 2.36. The average molecular weight is 297 g/mol. The molecule has 0 heterocycles. The Labute approximate surface area is 118 Å². The van der Waals surface area contributed by atoms with Crippen molar-refractivity contribution in [2.75, 3.05) is 11.1 Å². The molecule has 1 aliphatic rings. The van der Waals surface area contributed by atoms with Crippen LogP contribution in [-0.4, -0.2) is 31.3 Å². The van der Waals surface area contributed by atoms with E-state index in [4.69, 9.17) is 5.11 Å². The second-order valence-electron chi connectivity index (χ2n) is 5.09. The monoisotopic (exact) mass is 297 g/mol. The van der Waals surface area contributed by atoms with Crippen LogP contribution in [-0.2, 0) is 14.6 Å². The van der Waals surface area contributed by atoms with Gasteiger partial charge in [-0.15, -0.1) is 0 Å². The minimum Gasteiger partial charge on any atom is -0.481 e. The molecule has 0 aromatic heterocycles. The number of sulfone groups is 1. The number of aliphatic carboxylic acids is 1. The van der Waals surface area contributed by atoms with Gasteiger partial charge in [0.25, 0.3) is 0 Å². The summed E-state index contributed by atoms with van der Waals surface area (Å²) in [7, 11) is -3.32. The number of anilines is 1. The van der Waals surface area contributed by atoms with Crippen LogP contribution in [0.25, 0.3) is 0 Å². The van der Waals surface area contributed by atoms with Crippen molar-refractivity contribution < 1.29 is 18.3 Å². The molecule has 6 heteroatoms. The van der Waals surface area contributed by atoms with Crippen LogP contribution >= 0.6 is 0 Å². The molecule has 0 radical (unpaired) electrons. The van der Waals surface area contributed by atoms with E-state index in [1.54, 1.807) is 31.2 Å². The van der Waals surface area contributed by atoms with Gasteiger partial charge in [0.15, 0.2) is 9.84 Å². The molecule has 20 heavy (non-hydrogen) atoms. The number of hydrogen-bond donors (Lipinski definition) is 2. The van der Waals surface area contributed by atoms with Crippen molar-refractivity contribution in [1.29, 1.82) is 0 Å². The molecule has 1 unspecified atom stereocenters. The summed E-state index contributed by atoms with van der Waals surface area (Å²) in [4.78, 5) is 11.2. The lowest BCUT2D eigenvalue weighted by Gasteiger charge is -2.19. The lowest BCUT2D eigenvalue weighted by atomic mass is 10.1. The predicted molar refractivity (Wildman–Crippen MR) is 76.6 cm³/mol. The Morgan fingerprint density at radius 2 is 2.05 bits per heavy atom. The minimum atomic E-state index is -3.32. The summed E-state index contributed by atoms with van der Waals surface area (Å²) in [6.07, 6.45) is 1.99. The zero-order valence-corrected chi connectivity index (χ0v) is 12.2. The van der Waals surface area contributed by atoms with Gasteiger partial charge in [0, 0.05) is 6.04 Å². The van der Waals surface area contributed by atoms with Crippen molar-refractivity contribution in [1.82, 2.24) is 0 Å². The Morgan fingerprint density at radius 3 is 2.60 bits per heavy atom. The molecule has 0 amide bonds. The summed E-state index contributed by atoms with van der Waals surface area (Å²) in [6.45, 7) is 1.60. The van der Waals surface area contributed by atoms with Crippen LogP contribution in [0.15, 0.2) is 29.2 Å². The van der Waals surface area contributed by atoms with Crippen LogP contribution in [0, 0.1) is 5.92 Å². The standard InChI is InChI=1S/C14H19NO4S/c1-2-20(18,19)13-6-4-3-5-11(13)15-12(9-14(16)17)10-7-8-10/h3-6,10,12,15H,2,7-9H2,1H3,(H,16,17). The van der Waals surface area contributed by atoms with E-state index in [1.165, 1.54) is 0 Å². The molecule has 0 spiro atoms. The molecule has 1 atom stereocenters. The highest BCUT2D eigenvalue weighted by atomic mass is 32.2. The fourth-order valence-electron chi connectivity index (χ4n) is 2.23. The van der Waals surface area contributed by atoms with Crippen LogP contribution < -0.4 is 5.32 Å². The van der Waals surface area contributed by atoms with Gasteiger partial charge in [0.1, 0.15) is 0 Å². The number of nitrogens with one attached hydrogen (secondary N) is 1. The average Bonchev–Trinajstić information content (AvgIpc) is 3.22. The van der Waals surface area contributed by atoms with Crippen LogP contribution in [0.5, 0.6) is 0 Å². The number of carboxylic acids is 1. The van der Waals surface area contributed by atoms with E-state index in [9.17, 15) is 13.2 Å². The quantitative estimate of drug-likeness (QED) is 0.805. The van der Waals surface area contributed by atoms with Crippen LogP contribution in [0.3, 0.4) is 0 Å². The molecule has 110 valence electrons. The van der Waals surface area contributed by atoms with E-state index >= 15 is 0 Å². The first-order valence-electron chi connectivity index (χ1n) is 6.74. The van der Waals surface area contributed by atoms with E-state index in [-0.39, 0.29) is 23.1 Å². The Hall–Kier alpha value is -1.56. The molecule has 5 nitrogen and oxygen atoms in total. The van der Waals surface area contributed by atoms with Gasteiger partial charge in [0.05, 0.1) is 22.8 Å². The summed E-state index contributed by atoms with van der Waals surface area (Å²) in [5.41, 5.74) is 0.507. The SMILES string of the molecule is CCS(=O)(=O)c1ccccc1NC(CC(=O)O)C1CC1. The van der Waals surface area contributed by atoms with Gasteiger partial charge in [-0.25, -0.2) is 8.42 Å². The number of hydrogen-bond acceptors (Lipinski definition) is 4. The van der Waals surface area contributed by atoms with Gasteiger partial charge in [-0.3, -0.25) is 4.79 Å². The van der Waals surface area contributed by atoms with E-state index < -0.39 is 15.8 Å². The van der Waals surface area contributed by atoms with Gasteiger partial charge in [0.2, 0.25) is 0 Å². The van der Waals surface area contributed by atoms with Gasteiger partial charge >= 0.3 is 5.97 Å². The number of benzene rings is 1. The van der Waals surface area contributed by atoms with E-state index in [0.717, 1.165) is 12.8 Å². The highest BCUT2D eigenvalue weighted by Gasteiger charge is 2.33. The zero-order chi connectivity index (χ0) is 14.8. The summed E-state index contributed by atoms with van der Waals surface area (Å²) in [5.74, 6) is -0.521. The maximum Gasteiger partial charge on any atom is 0.305 e. The second-order valence-corrected chi connectivity index (χ2v) is 7.33. The topological polar surface area (TPSA) is 83.5 Å². The molecule has 0 aliphatic heterocycles. The Balaban J connectivity index is 2.26. The lowest BCUT2D eigenvalue weighted by Crippen LogP contribution is -2.26. The van der Waals surface area contributed by atoms with E-state index in [2.05, 4.69) is 5.32 Å². The lowest BCUT2D eigenvalue weighted by molar-refractivity contribution is -0.137. The first-order valence-corrected chi connectivity index (χ1v) is 8.39. The summed E-state index contributed by atoms with van der Waals surface area (Å²) in [6, 6.07) is 6.48. The van der Waals surface area contributed by atoms with Gasteiger partial charge < -0.3 is 10.4 Å². The molecule has 0 saturated heterocycles. The summed E-state index contributed by atoms with van der Waals surface area (Å²) in [5, 5.41) is 12.1. The smallest absolute Gasteiger partial charge is 0.305 e. The van der Waals surface area contributed by atoms with Crippen molar-refractivity contribution in [2.45, 2.75) is 37.1 Å². The van der Waals surface area contributed by atoms with E-state index in [0.29, 0.717) is 11.6 Å². The summed E-state index contributed by atoms with van der Waals surface area (Å²) >= 11 is 0. The van der Waals surface area contributed by atoms with Crippen LogP contribution in [0.1, 0.15) is 26.2 Å². The fourth-order valence-corrected chi connectivity index (χ4v) is 3.29. The van der Waals surface area contributed by atoms with Crippen molar-refractivity contribution in [3.63, 3.8) is 0 Å².